The summed E-state index contributed by atoms with van der Waals surface area (Å²) in [6.45, 7) is 7.55. The average Bonchev–Trinajstić information content (AvgIpc) is 3.28. The number of ether oxygens (including phenoxy) is 3. The molecule has 1 unspecified atom stereocenters. The first-order chi connectivity index (χ1) is 16.1. The van der Waals surface area contributed by atoms with Gasteiger partial charge in [-0.25, -0.2) is 4.68 Å². The van der Waals surface area contributed by atoms with Gasteiger partial charge in [-0.15, -0.1) is 11.7 Å². The molecule has 2 N–H and O–H groups in total. The monoisotopic (exact) mass is 452 g/mol. The lowest BCUT2D eigenvalue weighted by Gasteiger charge is -2.13. The van der Waals surface area contributed by atoms with E-state index >= 15 is 0 Å². The van der Waals surface area contributed by atoms with E-state index in [2.05, 4.69) is 22.0 Å². The molecule has 3 aromatic rings. The third-order valence-electron chi connectivity index (χ3n) is 4.94. The van der Waals surface area contributed by atoms with Crippen molar-refractivity contribution in [1.82, 2.24) is 14.8 Å². The van der Waals surface area contributed by atoms with Crippen LogP contribution in [-0.4, -0.2) is 59.5 Å². The third kappa shape index (κ3) is 7.06. The smallest absolute Gasteiger partial charge is 0.336 e. The van der Waals surface area contributed by atoms with Gasteiger partial charge in [0, 0.05) is 24.4 Å². The topological polar surface area (TPSA) is 90.7 Å². The SMILES string of the molecule is C=CCCC(O)CNc1cccc(-n2nc(OCCOCC)nc2-c2ccc(OC)cc2)c1. The van der Waals surface area contributed by atoms with Crippen LogP contribution in [0.1, 0.15) is 19.8 Å². The molecule has 0 radical (unpaired) electrons. The Morgan fingerprint density at radius 2 is 2.00 bits per heavy atom. The van der Waals surface area contributed by atoms with Crippen molar-refractivity contribution in [3.05, 3.63) is 61.2 Å². The lowest BCUT2D eigenvalue weighted by atomic mass is 10.2. The molecule has 0 saturated heterocycles. The predicted octanol–water partition coefficient (Wildman–Crippen LogP) is 4.10. The van der Waals surface area contributed by atoms with E-state index in [1.807, 2.05) is 61.5 Å². The second kappa shape index (κ2) is 12.6. The van der Waals surface area contributed by atoms with Crippen LogP contribution in [0.3, 0.4) is 0 Å². The number of benzene rings is 2. The van der Waals surface area contributed by atoms with Crippen LogP contribution in [0.15, 0.2) is 61.2 Å². The Labute approximate surface area is 194 Å². The number of rotatable bonds is 14. The number of allylic oxidation sites excluding steroid dienone is 1. The van der Waals surface area contributed by atoms with Crippen molar-refractivity contribution in [3.63, 3.8) is 0 Å². The van der Waals surface area contributed by atoms with E-state index in [1.54, 1.807) is 11.8 Å². The first-order valence-electron chi connectivity index (χ1n) is 11.1. The molecular formula is C25H32N4O4. The summed E-state index contributed by atoms with van der Waals surface area (Å²) in [7, 11) is 1.63. The van der Waals surface area contributed by atoms with Crippen molar-refractivity contribution >= 4 is 5.69 Å². The summed E-state index contributed by atoms with van der Waals surface area (Å²) in [4.78, 5) is 4.61. The molecule has 0 aliphatic heterocycles. The normalized spacial score (nSPS) is 11.7. The van der Waals surface area contributed by atoms with Crippen LogP contribution < -0.4 is 14.8 Å². The van der Waals surface area contributed by atoms with Gasteiger partial charge in [0.25, 0.3) is 0 Å². The van der Waals surface area contributed by atoms with Crippen LogP contribution in [0.2, 0.25) is 0 Å². The Morgan fingerprint density at radius 1 is 1.18 bits per heavy atom. The van der Waals surface area contributed by atoms with Crippen LogP contribution in [0.4, 0.5) is 5.69 Å². The van der Waals surface area contributed by atoms with Crippen molar-refractivity contribution in [1.29, 1.82) is 0 Å². The van der Waals surface area contributed by atoms with Gasteiger partial charge < -0.3 is 24.6 Å². The molecule has 0 saturated carbocycles. The van der Waals surface area contributed by atoms with Crippen molar-refractivity contribution < 1.29 is 19.3 Å². The predicted molar refractivity (Wildman–Crippen MR) is 129 cm³/mol. The number of aromatic nitrogens is 3. The molecule has 0 aliphatic rings. The van der Waals surface area contributed by atoms with E-state index in [-0.39, 0.29) is 6.01 Å². The molecule has 176 valence electrons. The number of hydrogen-bond acceptors (Lipinski definition) is 7. The van der Waals surface area contributed by atoms with Gasteiger partial charge >= 0.3 is 6.01 Å². The molecule has 1 heterocycles. The summed E-state index contributed by atoms with van der Waals surface area (Å²) in [5, 5.41) is 18.0. The zero-order valence-electron chi connectivity index (χ0n) is 19.2. The third-order valence-corrected chi connectivity index (χ3v) is 4.94. The molecule has 1 aromatic heterocycles. The van der Waals surface area contributed by atoms with Crippen LogP contribution in [-0.2, 0) is 4.74 Å². The molecular weight excluding hydrogens is 420 g/mol. The fourth-order valence-corrected chi connectivity index (χ4v) is 3.19. The molecule has 0 aliphatic carbocycles. The Kier molecular flexibility index (Phi) is 9.29. The number of anilines is 1. The van der Waals surface area contributed by atoms with Gasteiger partial charge in [0.2, 0.25) is 0 Å². The summed E-state index contributed by atoms with van der Waals surface area (Å²) >= 11 is 0. The highest BCUT2D eigenvalue weighted by molar-refractivity contribution is 5.61. The van der Waals surface area contributed by atoms with Crippen LogP contribution in [0, 0.1) is 0 Å². The number of aliphatic hydroxyl groups is 1. The van der Waals surface area contributed by atoms with E-state index in [1.165, 1.54) is 0 Å². The summed E-state index contributed by atoms with van der Waals surface area (Å²) < 4.78 is 18.1. The number of nitrogens with one attached hydrogen (secondary N) is 1. The molecule has 33 heavy (non-hydrogen) atoms. The molecule has 2 aromatic carbocycles. The Hall–Kier alpha value is -3.36. The van der Waals surface area contributed by atoms with Gasteiger partial charge in [-0.05, 0) is 62.2 Å². The van der Waals surface area contributed by atoms with E-state index < -0.39 is 6.10 Å². The summed E-state index contributed by atoms with van der Waals surface area (Å²) in [6.07, 6.45) is 2.81. The molecule has 8 heteroatoms. The zero-order chi connectivity index (χ0) is 23.5. The summed E-state index contributed by atoms with van der Waals surface area (Å²) in [5.74, 6) is 1.41. The Bertz CT molecular complexity index is 1000. The van der Waals surface area contributed by atoms with Crippen LogP contribution in [0.5, 0.6) is 11.8 Å². The standard InChI is InChI=1S/C25H32N4O4/c1-4-6-10-22(30)18-26-20-8-7-9-21(17-20)29-24(19-11-13-23(31-3)14-12-19)27-25(28-29)33-16-15-32-5-2/h4,7-9,11-14,17,22,26,30H,1,5-6,10,15-16,18H2,2-3H3. The quantitative estimate of drug-likeness (QED) is 0.281. The molecule has 3 rings (SSSR count). The highest BCUT2D eigenvalue weighted by Gasteiger charge is 2.15. The maximum absolute atomic E-state index is 10.1. The molecule has 8 nitrogen and oxygen atoms in total. The fraction of sp³-hybridized carbons (Fsp3) is 0.360. The molecule has 0 fully saturated rings. The van der Waals surface area contributed by atoms with Crippen LogP contribution in [0.25, 0.3) is 17.1 Å². The maximum atomic E-state index is 10.1. The Morgan fingerprint density at radius 3 is 2.73 bits per heavy atom. The van der Waals surface area contributed by atoms with Gasteiger partial charge in [0.05, 0.1) is 25.5 Å². The summed E-state index contributed by atoms with van der Waals surface area (Å²) in [5.41, 5.74) is 2.57. The minimum Gasteiger partial charge on any atom is -0.497 e. The lowest BCUT2D eigenvalue weighted by molar-refractivity contribution is 0.106. The minimum absolute atomic E-state index is 0.277. The Balaban J connectivity index is 1.84. The van der Waals surface area contributed by atoms with E-state index in [0.29, 0.717) is 38.6 Å². The zero-order valence-corrected chi connectivity index (χ0v) is 19.2. The van der Waals surface area contributed by atoms with Crippen molar-refractivity contribution in [2.24, 2.45) is 0 Å². The molecule has 1 atom stereocenters. The van der Waals surface area contributed by atoms with Crippen molar-refractivity contribution in [2.75, 3.05) is 38.8 Å². The van der Waals surface area contributed by atoms with E-state index in [4.69, 9.17) is 14.2 Å². The van der Waals surface area contributed by atoms with Crippen molar-refractivity contribution in [2.45, 2.75) is 25.9 Å². The van der Waals surface area contributed by atoms with E-state index in [0.717, 1.165) is 29.1 Å². The molecule has 0 amide bonds. The van der Waals surface area contributed by atoms with Gasteiger partial charge in [-0.2, -0.15) is 4.98 Å². The maximum Gasteiger partial charge on any atom is 0.336 e. The first-order valence-corrected chi connectivity index (χ1v) is 11.1. The number of aliphatic hydroxyl groups excluding tert-OH is 1. The van der Waals surface area contributed by atoms with Gasteiger partial charge in [-0.1, -0.05) is 12.1 Å². The minimum atomic E-state index is -0.446. The highest BCUT2D eigenvalue weighted by Crippen LogP contribution is 2.26. The largest absolute Gasteiger partial charge is 0.497 e. The van der Waals surface area contributed by atoms with E-state index in [9.17, 15) is 5.11 Å². The van der Waals surface area contributed by atoms with Crippen LogP contribution >= 0.6 is 0 Å². The van der Waals surface area contributed by atoms with Crippen molar-refractivity contribution in [3.8, 4) is 28.8 Å². The van der Waals surface area contributed by atoms with Gasteiger partial charge in [0.15, 0.2) is 5.82 Å². The number of hydrogen-bond donors (Lipinski definition) is 2. The molecule has 0 spiro atoms. The fourth-order valence-electron chi connectivity index (χ4n) is 3.19. The summed E-state index contributed by atoms with van der Waals surface area (Å²) in [6, 6.07) is 15.7. The number of nitrogens with zero attached hydrogens (tertiary/aromatic N) is 3. The van der Waals surface area contributed by atoms with Gasteiger partial charge in [0.1, 0.15) is 12.4 Å². The highest BCUT2D eigenvalue weighted by atomic mass is 16.5. The second-order valence-corrected chi connectivity index (χ2v) is 7.35. The first kappa shape index (κ1) is 24.3. The second-order valence-electron chi connectivity index (χ2n) is 7.35. The molecule has 0 bridgehead atoms. The lowest BCUT2D eigenvalue weighted by Crippen LogP contribution is -2.19. The van der Waals surface area contributed by atoms with Gasteiger partial charge in [-0.3, -0.25) is 0 Å². The number of methoxy groups -OCH3 is 1. The average molecular weight is 453 g/mol.